The van der Waals surface area contributed by atoms with Crippen LogP contribution in [0.25, 0.3) is 0 Å². The van der Waals surface area contributed by atoms with Crippen molar-refractivity contribution < 1.29 is 19.0 Å². The Morgan fingerprint density at radius 2 is 2.16 bits per heavy atom. The first kappa shape index (κ1) is 15.7. The smallest absolute Gasteiger partial charge is 0.302 e. The van der Waals surface area contributed by atoms with Crippen LogP contribution in [0.2, 0.25) is 0 Å². The largest absolute Gasteiger partial charge is 0.497 e. The lowest BCUT2D eigenvalue weighted by molar-refractivity contribution is -0.162. The fourth-order valence-corrected chi connectivity index (χ4v) is 6.46. The first-order valence-corrected chi connectivity index (χ1v) is 9.51. The average molecular weight is 342 g/mol. The van der Waals surface area contributed by atoms with Gasteiger partial charge in [-0.15, -0.1) is 0 Å². The zero-order valence-electron chi connectivity index (χ0n) is 15.2. The Hall–Kier alpha value is -1.55. The van der Waals surface area contributed by atoms with E-state index in [1.165, 1.54) is 18.1 Å². The normalized spacial score (nSPS) is 43.3. The number of benzene rings is 1. The molecule has 4 nitrogen and oxygen atoms in total. The predicted molar refractivity (Wildman–Crippen MR) is 92.7 cm³/mol. The Morgan fingerprint density at radius 1 is 1.32 bits per heavy atom. The number of carbonyl (C=O) groups excluding carboxylic acids is 1. The Kier molecular flexibility index (Phi) is 3.14. The molecule has 1 spiro atoms. The van der Waals surface area contributed by atoms with Crippen LogP contribution in [0.4, 0.5) is 0 Å². The fourth-order valence-electron chi connectivity index (χ4n) is 6.46. The molecule has 2 saturated carbocycles. The van der Waals surface area contributed by atoms with Gasteiger partial charge in [-0.25, -0.2) is 0 Å². The molecule has 0 aromatic heterocycles. The molecule has 1 heterocycles. The minimum Gasteiger partial charge on any atom is -0.497 e. The van der Waals surface area contributed by atoms with Crippen LogP contribution in [0.3, 0.4) is 0 Å². The molecule has 1 aromatic rings. The van der Waals surface area contributed by atoms with Crippen molar-refractivity contribution >= 4 is 5.97 Å². The highest BCUT2D eigenvalue weighted by molar-refractivity contribution is 5.66. The quantitative estimate of drug-likeness (QED) is 0.608. The zero-order chi connectivity index (χ0) is 17.4. The number of aryl methyl sites for hydroxylation is 1. The van der Waals surface area contributed by atoms with Crippen LogP contribution in [0.1, 0.15) is 56.6 Å². The van der Waals surface area contributed by atoms with Gasteiger partial charge in [-0.3, -0.25) is 4.79 Å². The Labute approximate surface area is 148 Å². The lowest BCUT2D eigenvalue weighted by atomic mass is 9.54. The second kappa shape index (κ2) is 5.00. The van der Waals surface area contributed by atoms with E-state index in [9.17, 15) is 4.79 Å². The van der Waals surface area contributed by atoms with E-state index >= 15 is 0 Å². The topological polar surface area (TPSA) is 48.1 Å². The van der Waals surface area contributed by atoms with E-state index in [0.717, 1.165) is 37.9 Å². The van der Waals surface area contributed by atoms with Crippen LogP contribution in [0, 0.1) is 11.3 Å². The number of fused-ring (bicyclic) bond motifs is 3. The fraction of sp³-hybridized carbons (Fsp3) is 0.667. The maximum absolute atomic E-state index is 11.6. The lowest BCUT2D eigenvalue weighted by Gasteiger charge is -2.51. The lowest BCUT2D eigenvalue weighted by Crippen LogP contribution is -2.53. The number of hydrogen-bond acceptors (Lipinski definition) is 4. The molecule has 4 aliphatic rings. The average Bonchev–Trinajstić information content (AvgIpc) is 3.26. The van der Waals surface area contributed by atoms with Crippen LogP contribution in [-0.4, -0.2) is 30.9 Å². The molecular weight excluding hydrogens is 316 g/mol. The van der Waals surface area contributed by atoms with Crippen LogP contribution in [0.15, 0.2) is 18.2 Å². The third kappa shape index (κ3) is 1.89. The number of epoxide rings is 1. The maximum Gasteiger partial charge on any atom is 0.302 e. The van der Waals surface area contributed by atoms with E-state index in [1.54, 1.807) is 7.11 Å². The molecule has 1 aliphatic heterocycles. The molecule has 1 saturated heterocycles. The monoisotopic (exact) mass is 342 g/mol. The van der Waals surface area contributed by atoms with Gasteiger partial charge in [0.15, 0.2) is 0 Å². The molecule has 134 valence electrons. The van der Waals surface area contributed by atoms with E-state index < -0.39 is 0 Å². The summed E-state index contributed by atoms with van der Waals surface area (Å²) in [6.07, 6.45) is 5.61. The second-order valence-corrected chi connectivity index (χ2v) is 8.51. The van der Waals surface area contributed by atoms with Crippen molar-refractivity contribution in [1.29, 1.82) is 0 Å². The van der Waals surface area contributed by atoms with Crippen molar-refractivity contribution in [3.63, 3.8) is 0 Å². The van der Waals surface area contributed by atoms with Gasteiger partial charge in [0.1, 0.15) is 17.5 Å². The molecule has 25 heavy (non-hydrogen) atoms. The van der Waals surface area contributed by atoms with Crippen molar-refractivity contribution in [2.24, 2.45) is 11.3 Å². The first-order valence-electron chi connectivity index (χ1n) is 9.51. The van der Waals surface area contributed by atoms with Crippen molar-refractivity contribution in [3.8, 4) is 5.75 Å². The summed E-state index contributed by atoms with van der Waals surface area (Å²) in [5.41, 5.74) is 2.81. The molecule has 5 rings (SSSR count). The molecule has 3 fully saturated rings. The number of esters is 1. The van der Waals surface area contributed by atoms with Crippen molar-refractivity contribution in [2.75, 3.05) is 7.11 Å². The molecule has 3 aliphatic carbocycles. The highest BCUT2D eigenvalue weighted by atomic mass is 16.6. The number of hydrogen-bond donors (Lipinski definition) is 0. The summed E-state index contributed by atoms with van der Waals surface area (Å²) in [7, 11) is 1.73. The second-order valence-electron chi connectivity index (χ2n) is 8.51. The summed E-state index contributed by atoms with van der Waals surface area (Å²) < 4.78 is 17.5. The highest BCUT2D eigenvalue weighted by Gasteiger charge is 2.80. The molecule has 0 N–H and O–H groups in total. The van der Waals surface area contributed by atoms with Gasteiger partial charge in [-0.1, -0.05) is 13.0 Å². The first-order chi connectivity index (χ1) is 12.0. The Bertz CT molecular complexity index is 743. The number of rotatable bonds is 2. The molecule has 0 radical (unpaired) electrons. The number of methoxy groups -OCH3 is 1. The van der Waals surface area contributed by atoms with E-state index in [-0.39, 0.29) is 29.2 Å². The summed E-state index contributed by atoms with van der Waals surface area (Å²) in [5, 5.41) is 0. The molecule has 0 unspecified atom stereocenters. The summed E-state index contributed by atoms with van der Waals surface area (Å²) >= 11 is 0. The molecule has 6 atom stereocenters. The van der Waals surface area contributed by atoms with Crippen LogP contribution in [0.5, 0.6) is 5.75 Å². The van der Waals surface area contributed by atoms with Gasteiger partial charge in [0.05, 0.1) is 13.2 Å². The standard InChI is InChI=1S/C21H26O4/c1-12(22)24-18-11-19-21(25-19)17-7-4-13-10-14(23-3)5-6-15(13)16(17)8-9-20(18,21)2/h5-6,10,16-19H,4,7-9,11H2,1-3H3/t16-,17-,18+,19-,20-,21-/m1/s1. The van der Waals surface area contributed by atoms with Gasteiger partial charge in [-0.05, 0) is 60.8 Å². The van der Waals surface area contributed by atoms with E-state index in [0.29, 0.717) is 11.8 Å². The summed E-state index contributed by atoms with van der Waals surface area (Å²) in [6, 6.07) is 6.56. The molecule has 1 aromatic carbocycles. The SMILES string of the molecule is COc1ccc2c(c1)CC[C@@H]1[C@@H]2CC[C@]2(C)[C@@H](OC(C)=O)C[C@H]3O[C@]132. The third-order valence-electron chi connectivity index (χ3n) is 7.58. The summed E-state index contributed by atoms with van der Waals surface area (Å²) in [6.45, 7) is 3.82. The predicted octanol–water partition coefficient (Wildman–Crippen LogP) is 3.61. The number of ether oxygens (including phenoxy) is 3. The molecule has 0 amide bonds. The van der Waals surface area contributed by atoms with Crippen LogP contribution >= 0.6 is 0 Å². The Morgan fingerprint density at radius 3 is 2.92 bits per heavy atom. The van der Waals surface area contributed by atoms with Gasteiger partial charge in [-0.2, -0.15) is 0 Å². The van der Waals surface area contributed by atoms with Gasteiger partial charge in [0.2, 0.25) is 0 Å². The minimum atomic E-state index is -0.161. The van der Waals surface area contributed by atoms with Crippen molar-refractivity contribution in [1.82, 2.24) is 0 Å². The summed E-state index contributed by atoms with van der Waals surface area (Å²) in [5.74, 6) is 1.89. The Balaban J connectivity index is 1.50. The third-order valence-corrected chi connectivity index (χ3v) is 7.58. The zero-order valence-corrected chi connectivity index (χ0v) is 15.2. The van der Waals surface area contributed by atoms with E-state index in [2.05, 4.69) is 25.1 Å². The van der Waals surface area contributed by atoms with Crippen molar-refractivity contribution in [3.05, 3.63) is 29.3 Å². The van der Waals surface area contributed by atoms with Gasteiger partial charge >= 0.3 is 5.97 Å². The molecule has 0 bridgehead atoms. The van der Waals surface area contributed by atoms with Crippen LogP contribution < -0.4 is 4.74 Å². The van der Waals surface area contributed by atoms with Gasteiger partial charge < -0.3 is 14.2 Å². The van der Waals surface area contributed by atoms with Gasteiger partial charge in [0.25, 0.3) is 0 Å². The van der Waals surface area contributed by atoms with Crippen LogP contribution in [-0.2, 0) is 20.7 Å². The molecule has 4 heteroatoms. The van der Waals surface area contributed by atoms with E-state index in [1.807, 2.05) is 0 Å². The maximum atomic E-state index is 11.6. The minimum absolute atomic E-state index is 0.0157. The highest BCUT2D eigenvalue weighted by Crippen LogP contribution is 2.73. The number of carbonyl (C=O) groups is 1. The summed E-state index contributed by atoms with van der Waals surface area (Å²) in [4.78, 5) is 11.6. The van der Waals surface area contributed by atoms with E-state index in [4.69, 9.17) is 14.2 Å². The molecular formula is C21H26O4. The van der Waals surface area contributed by atoms with Gasteiger partial charge in [0, 0.05) is 18.8 Å². The van der Waals surface area contributed by atoms with Crippen molar-refractivity contribution in [2.45, 2.75) is 69.7 Å².